The van der Waals surface area contributed by atoms with Gasteiger partial charge >= 0.3 is 5.97 Å². The maximum Gasteiger partial charge on any atom is 0.306 e. The number of aryl methyl sites for hydroxylation is 1. The van der Waals surface area contributed by atoms with E-state index in [1.54, 1.807) is 24.3 Å². The second kappa shape index (κ2) is 10.9. The van der Waals surface area contributed by atoms with Crippen LogP contribution in [0.5, 0.6) is 0 Å². The molecule has 190 valence electrons. The highest BCUT2D eigenvalue weighted by atomic mass is 32.1. The van der Waals surface area contributed by atoms with Crippen molar-refractivity contribution in [3.05, 3.63) is 118 Å². The first kappa shape index (κ1) is 25.3. The summed E-state index contributed by atoms with van der Waals surface area (Å²) in [5.41, 5.74) is 6.07. The number of carbonyl (C=O) groups excluding carboxylic acids is 3. The number of esters is 1. The van der Waals surface area contributed by atoms with Gasteiger partial charge in [-0.15, -0.1) is 0 Å². The number of ether oxygens (including phenoxy) is 1. The number of fused-ring (bicyclic) bond motifs is 2. The van der Waals surface area contributed by atoms with Crippen molar-refractivity contribution in [3.63, 3.8) is 0 Å². The van der Waals surface area contributed by atoms with Crippen LogP contribution in [0.3, 0.4) is 0 Å². The second-order valence-electron chi connectivity index (χ2n) is 9.06. The zero-order valence-electron chi connectivity index (χ0n) is 20.8. The molecule has 2 N–H and O–H groups in total. The van der Waals surface area contributed by atoms with Crippen LogP contribution in [0.15, 0.2) is 84.9 Å². The minimum absolute atomic E-state index is 0.172. The van der Waals surface area contributed by atoms with Crippen LogP contribution in [0, 0.1) is 6.92 Å². The van der Waals surface area contributed by atoms with Gasteiger partial charge in [0.05, 0.1) is 28.9 Å². The summed E-state index contributed by atoms with van der Waals surface area (Å²) in [7, 11) is 0. The normalized spacial score (nSPS) is 11.9. The molecular weight excluding hydrogens is 496 g/mol. The first-order valence-corrected chi connectivity index (χ1v) is 12.9. The van der Waals surface area contributed by atoms with E-state index in [1.165, 1.54) is 0 Å². The van der Waals surface area contributed by atoms with Crippen molar-refractivity contribution in [2.45, 2.75) is 20.0 Å². The van der Waals surface area contributed by atoms with Gasteiger partial charge in [0, 0.05) is 28.3 Å². The van der Waals surface area contributed by atoms with Gasteiger partial charge in [0.15, 0.2) is 11.6 Å². The lowest BCUT2D eigenvalue weighted by Gasteiger charge is -2.24. The Morgan fingerprint density at radius 3 is 1.74 bits per heavy atom. The fourth-order valence-electron chi connectivity index (χ4n) is 4.39. The van der Waals surface area contributed by atoms with Gasteiger partial charge in [-0.3, -0.25) is 14.4 Å². The Morgan fingerprint density at radius 2 is 1.24 bits per heavy atom. The smallest absolute Gasteiger partial charge is 0.306 e. The second-order valence-corrected chi connectivity index (χ2v) is 9.51. The van der Waals surface area contributed by atoms with E-state index in [4.69, 9.17) is 4.74 Å². The number of carbonyl (C=O) groups is 3. The summed E-state index contributed by atoms with van der Waals surface area (Å²) >= 11 is 4.04. The van der Waals surface area contributed by atoms with Crippen molar-refractivity contribution in [2.24, 2.45) is 0 Å². The van der Waals surface area contributed by atoms with Gasteiger partial charge in [-0.25, -0.2) is 0 Å². The van der Waals surface area contributed by atoms with Gasteiger partial charge in [-0.05, 0) is 48.9 Å². The predicted molar refractivity (Wildman–Crippen MR) is 152 cm³/mol. The monoisotopic (exact) mass is 522 g/mol. The lowest BCUT2D eigenvalue weighted by Crippen LogP contribution is -2.23. The van der Waals surface area contributed by atoms with Crippen LogP contribution in [0.2, 0.25) is 0 Å². The fourth-order valence-corrected chi connectivity index (χ4v) is 4.57. The van der Waals surface area contributed by atoms with Crippen LogP contribution in [-0.2, 0) is 16.1 Å². The maximum atomic E-state index is 13.7. The first-order chi connectivity index (χ1) is 18.4. The molecule has 5 rings (SSSR count). The Labute approximate surface area is 226 Å². The molecule has 0 saturated heterocycles. The van der Waals surface area contributed by atoms with Crippen LogP contribution in [-0.4, -0.2) is 23.3 Å². The van der Waals surface area contributed by atoms with E-state index in [-0.39, 0.29) is 30.6 Å². The summed E-state index contributed by atoms with van der Waals surface area (Å²) in [4.78, 5) is 39.0. The third-order valence-corrected chi connectivity index (χ3v) is 6.58. The minimum Gasteiger partial charge on any atom is -0.461 e. The predicted octanol–water partition coefficient (Wildman–Crippen LogP) is 6.62. The zero-order chi connectivity index (χ0) is 26.6. The van der Waals surface area contributed by atoms with Crippen molar-refractivity contribution < 1.29 is 19.1 Å². The molecule has 1 aliphatic carbocycles. The molecule has 0 aromatic heterocycles. The summed E-state index contributed by atoms with van der Waals surface area (Å²) in [5, 5.41) is 6.63. The average Bonchev–Trinajstić information content (AvgIpc) is 2.93. The topological polar surface area (TPSA) is 84.5 Å². The summed E-state index contributed by atoms with van der Waals surface area (Å²) in [6.07, 6.45) is 0.262. The SMILES string of the molecule is Cc1ccc(Nc2ccc(Nc3ccc(COC(=O)CCS)cc3)c3c2C(=O)c2ccccc2C3=O)cc1. The van der Waals surface area contributed by atoms with Crippen molar-refractivity contribution >= 4 is 52.9 Å². The maximum absolute atomic E-state index is 13.7. The standard InChI is InChI=1S/C31H26N2O4S/c1-19-6-10-21(11-7-19)32-25-14-15-26(29-28(25)30(35)23-4-2-3-5-24(23)31(29)36)33-22-12-8-20(9-13-22)18-37-27(34)16-17-38/h2-15,32-33,38H,16-18H2,1H3. The number of anilines is 4. The molecule has 0 spiro atoms. The van der Waals surface area contributed by atoms with Crippen LogP contribution in [0.25, 0.3) is 0 Å². The number of ketones is 2. The lowest BCUT2D eigenvalue weighted by atomic mass is 9.82. The van der Waals surface area contributed by atoms with Crippen molar-refractivity contribution in [3.8, 4) is 0 Å². The van der Waals surface area contributed by atoms with Gasteiger partial charge < -0.3 is 15.4 Å². The third-order valence-electron chi connectivity index (χ3n) is 6.36. The van der Waals surface area contributed by atoms with Crippen molar-refractivity contribution in [1.29, 1.82) is 0 Å². The largest absolute Gasteiger partial charge is 0.461 e. The van der Waals surface area contributed by atoms with E-state index in [1.807, 2.05) is 67.6 Å². The number of rotatable bonds is 8. The summed E-state index contributed by atoms with van der Waals surface area (Å²) in [6.45, 7) is 2.18. The molecule has 0 saturated carbocycles. The molecule has 0 fully saturated rings. The lowest BCUT2D eigenvalue weighted by molar-refractivity contribution is -0.144. The number of hydrogen-bond acceptors (Lipinski definition) is 7. The van der Waals surface area contributed by atoms with Crippen LogP contribution < -0.4 is 10.6 Å². The Bertz CT molecular complexity index is 1530. The van der Waals surface area contributed by atoms with Crippen molar-refractivity contribution in [1.82, 2.24) is 0 Å². The molecule has 0 unspecified atom stereocenters. The van der Waals surface area contributed by atoms with Gasteiger partial charge in [0.1, 0.15) is 6.61 Å². The minimum atomic E-state index is -0.295. The molecule has 0 atom stereocenters. The molecule has 4 aromatic carbocycles. The molecule has 6 nitrogen and oxygen atoms in total. The highest BCUT2D eigenvalue weighted by molar-refractivity contribution is 7.80. The first-order valence-electron chi connectivity index (χ1n) is 12.3. The molecule has 0 radical (unpaired) electrons. The molecule has 0 aliphatic heterocycles. The summed E-state index contributed by atoms with van der Waals surface area (Å²) in [5.74, 6) is -0.265. The summed E-state index contributed by atoms with van der Waals surface area (Å²) < 4.78 is 5.23. The molecule has 0 bridgehead atoms. The highest BCUT2D eigenvalue weighted by Crippen LogP contribution is 2.38. The fraction of sp³-hybridized carbons (Fsp3) is 0.129. The Hall–Kier alpha value is -4.36. The van der Waals surface area contributed by atoms with E-state index >= 15 is 0 Å². The highest BCUT2D eigenvalue weighted by Gasteiger charge is 2.34. The van der Waals surface area contributed by atoms with E-state index < -0.39 is 0 Å². The molecule has 0 heterocycles. The quantitative estimate of drug-likeness (QED) is 0.157. The third kappa shape index (κ3) is 5.19. The molecule has 4 aromatic rings. The zero-order valence-corrected chi connectivity index (χ0v) is 21.7. The van der Waals surface area contributed by atoms with Crippen LogP contribution >= 0.6 is 12.6 Å². The molecule has 0 amide bonds. The number of thiol groups is 1. The molecule has 7 heteroatoms. The van der Waals surface area contributed by atoms with Crippen LogP contribution in [0.1, 0.15) is 49.4 Å². The van der Waals surface area contributed by atoms with Gasteiger partial charge in [0.2, 0.25) is 0 Å². The average molecular weight is 523 g/mol. The van der Waals surface area contributed by atoms with E-state index in [2.05, 4.69) is 23.3 Å². The van der Waals surface area contributed by atoms with E-state index in [0.717, 1.165) is 22.5 Å². The van der Waals surface area contributed by atoms with E-state index in [0.29, 0.717) is 39.4 Å². The van der Waals surface area contributed by atoms with Gasteiger partial charge in [-0.2, -0.15) is 12.6 Å². The molecule has 1 aliphatic rings. The number of hydrogen-bond donors (Lipinski definition) is 3. The summed E-state index contributed by atoms with van der Waals surface area (Å²) in [6, 6.07) is 25.7. The Balaban J connectivity index is 1.48. The molecule has 38 heavy (non-hydrogen) atoms. The Morgan fingerprint density at radius 1 is 0.737 bits per heavy atom. The van der Waals surface area contributed by atoms with Crippen molar-refractivity contribution in [2.75, 3.05) is 16.4 Å². The van der Waals surface area contributed by atoms with E-state index in [9.17, 15) is 14.4 Å². The van der Waals surface area contributed by atoms with Gasteiger partial charge in [0.25, 0.3) is 0 Å². The van der Waals surface area contributed by atoms with Crippen LogP contribution in [0.4, 0.5) is 22.7 Å². The Kier molecular flexibility index (Phi) is 7.29. The molecular formula is C31H26N2O4S. The van der Waals surface area contributed by atoms with Gasteiger partial charge in [-0.1, -0.05) is 54.1 Å². The number of nitrogens with one attached hydrogen (secondary N) is 2. The number of benzene rings is 4.